The van der Waals surface area contributed by atoms with Crippen molar-refractivity contribution >= 4 is 29.1 Å². The summed E-state index contributed by atoms with van der Waals surface area (Å²) in [5.74, 6) is -0.317. The van der Waals surface area contributed by atoms with Gasteiger partial charge >= 0.3 is 5.97 Å². The predicted octanol–water partition coefficient (Wildman–Crippen LogP) is 1.37. The fourth-order valence-electron chi connectivity index (χ4n) is 3.88. The highest BCUT2D eigenvalue weighted by Crippen LogP contribution is 2.58. The Balaban J connectivity index is 0.00000272. The zero-order chi connectivity index (χ0) is 20.8. The van der Waals surface area contributed by atoms with E-state index in [1.54, 1.807) is 0 Å². The summed E-state index contributed by atoms with van der Waals surface area (Å²) in [5, 5.41) is 3.43. The summed E-state index contributed by atoms with van der Waals surface area (Å²) in [6, 6.07) is 34.8. The molecule has 3 nitrogen and oxygen atoms in total. The molecular weight excluding hydrogens is 469 g/mol. The highest BCUT2D eigenvalue weighted by molar-refractivity contribution is 7.95. The number of aromatic nitrogens is 1. The number of nitrogens with zero attached hydrogens (tertiary/aromatic N) is 1. The predicted molar refractivity (Wildman–Crippen MR) is 124 cm³/mol. The Morgan fingerprint density at radius 2 is 1.32 bits per heavy atom. The average Bonchev–Trinajstić information content (AvgIpc) is 2.84. The Morgan fingerprint density at radius 3 is 1.87 bits per heavy atom. The van der Waals surface area contributed by atoms with Gasteiger partial charge in [0, 0.05) is 6.20 Å². The maximum atomic E-state index is 12.8. The Morgan fingerprint density at radius 1 is 0.774 bits per heavy atom. The largest absolute Gasteiger partial charge is 1.00 e. The molecule has 0 N–H and O–H groups in total. The molecule has 4 rings (SSSR count). The lowest BCUT2D eigenvalue weighted by Crippen LogP contribution is -3.00. The Bertz CT molecular complexity index is 1080. The third kappa shape index (κ3) is 4.61. The van der Waals surface area contributed by atoms with E-state index in [9.17, 15) is 4.79 Å². The number of benzene rings is 3. The van der Waals surface area contributed by atoms with Gasteiger partial charge in [0.2, 0.25) is 0 Å². The number of hydrogen-bond donors (Lipinski definition) is 0. The standard InChI is InChI=1S/C26H23NO2P.BrH/c1-29-26(28)24-17-8-9-18-25(24)30(22-13-4-2-5-14-22,23-15-6-3-7-16-23)20-21-12-10-11-19-27-21;/h2-19H,20H2,1H3;1H/q+1;/p-1. The molecule has 156 valence electrons. The molecule has 0 aliphatic heterocycles. The second kappa shape index (κ2) is 10.5. The first kappa shape index (κ1) is 22.9. The number of halogens is 1. The highest BCUT2D eigenvalue weighted by Gasteiger charge is 2.48. The van der Waals surface area contributed by atoms with Crippen LogP contribution in [0.2, 0.25) is 0 Å². The van der Waals surface area contributed by atoms with E-state index >= 15 is 0 Å². The Kier molecular flexibility index (Phi) is 7.73. The van der Waals surface area contributed by atoms with Crippen LogP contribution in [0.25, 0.3) is 0 Å². The van der Waals surface area contributed by atoms with Crippen LogP contribution in [0.4, 0.5) is 0 Å². The minimum absolute atomic E-state index is 0. The van der Waals surface area contributed by atoms with E-state index < -0.39 is 7.26 Å². The lowest BCUT2D eigenvalue weighted by atomic mass is 10.2. The molecule has 31 heavy (non-hydrogen) atoms. The van der Waals surface area contributed by atoms with Gasteiger partial charge in [0.25, 0.3) is 0 Å². The summed E-state index contributed by atoms with van der Waals surface area (Å²) < 4.78 is 5.16. The van der Waals surface area contributed by atoms with Gasteiger partial charge in [0.15, 0.2) is 0 Å². The first-order valence-corrected chi connectivity index (χ1v) is 11.8. The summed E-state index contributed by atoms with van der Waals surface area (Å²) in [6.07, 6.45) is 2.54. The number of pyridine rings is 1. The van der Waals surface area contributed by atoms with Gasteiger partial charge in [-0.2, -0.15) is 0 Å². The van der Waals surface area contributed by atoms with E-state index in [2.05, 4.69) is 65.6 Å². The molecule has 0 aliphatic carbocycles. The fraction of sp³-hybridized carbons (Fsp3) is 0.0769. The van der Waals surface area contributed by atoms with Crippen molar-refractivity contribution in [3.63, 3.8) is 0 Å². The van der Waals surface area contributed by atoms with Crippen molar-refractivity contribution in [3.05, 3.63) is 121 Å². The molecule has 0 atom stereocenters. The zero-order valence-corrected chi connectivity index (χ0v) is 19.7. The van der Waals surface area contributed by atoms with Crippen molar-refractivity contribution in [1.82, 2.24) is 4.98 Å². The summed E-state index contributed by atoms with van der Waals surface area (Å²) >= 11 is 0. The summed E-state index contributed by atoms with van der Waals surface area (Å²) in [6.45, 7) is 0. The van der Waals surface area contributed by atoms with E-state index in [0.717, 1.165) is 17.2 Å². The van der Waals surface area contributed by atoms with Crippen LogP contribution in [0.15, 0.2) is 109 Å². The molecule has 1 aromatic heterocycles. The molecule has 0 spiro atoms. The minimum Gasteiger partial charge on any atom is -1.00 e. The van der Waals surface area contributed by atoms with E-state index in [1.165, 1.54) is 17.7 Å². The van der Waals surface area contributed by atoms with Gasteiger partial charge in [-0.1, -0.05) is 54.6 Å². The van der Waals surface area contributed by atoms with Gasteiger partial charge in [0.1, 0.15) is 34.9 Å². The Hall–Kier alpha value is -2.81. The third-order valence-corrected chi connectivity index (χ3v) is 9.61. The number of esters is 1. The molecule has 0 saturated carbocycles. The SMILES string of the molecule is COC(=O)c1ccccc1[P+](Cc1ccccn1)(c1ccccc1)c1ccccc1.[Br-]. The molecule has 4 aromatic rings. The molecule has 3 aromatic carbocycles. The smallest absolute Gasteiger partial charge is 0.341 e. The second-order valence-electron chi connectivity index (χ2n) is 6.97. The van der Waals surface area contributed by atoms with Crippen LogP contribution in [0.5, 0.6) is 0 Å². The van der Waals surface area contributed by atoms with Gasteiger partial charge < -0.3 is 21.7 Å². The van der Waals surface area contributed by atoms with Gasteiger partial charge in [-0.25, -0.2) is 4.79 Å². The van der Waals surface area contributed by atoms with E-state index in [4.69, 9.17) is 4.74 Å². The first-order chi connectivity index (χ1) is 14.8. The van der Waals surface area contributed by atoms with Gasteiger partial charge in [0.05, 0.1) is 12.8 Å². The van der Waals surface area contributed by atoms with Crippen molar-refractivity contribution in [2.45, 2.75) is 6.16 Å². The summed E-state index contributed by atoms with van der Waals surface area (Å²) in [7, 11) is -0.810. The molecule has 0 bridgehead atoms. The summed E-state index contributed by atoms with van der Waals surface area (Å²) in [4.78, 5) is 17.4. The van der Waals surface area contributed by atoms with E-state index in [0.29, 0.717) is 5.56 Å². The maximum absolute atomic E-state index is 12.8. The molecule has 1 heterocycles. The fourth-order valence-corrected chi connectivity index (χ4v) is 8.23. The molecule has 5 heteroatoms. The second-order valence-corrected chi connectivity index (χ2v) is 10.4. The van der Waals surface area contributed by atoms with Crippen LogP contribution in [0.3, 0.4) is 0 Å². The lowest BCUT2D eigenvalue weighted by molar-refractivity contribution is -0.0000205. The molecule has 0 aliphatic rings. The number of methoxy groups -OCH3 is 1. The zero-order valence-electron chi connectivity index (χ0n) is 17.2. The monoisotopic (exact) mass is 491 g/mol. The molecule has 0 radical (unpaired) electrons. The van der Waals surface area contributed by atoms with Crippen molar-refractivity contribution in [1.29, 1.82) is 0 Å². The van der Waals surface area contributed by atoms with Crippen LogP contribution in [-0.2, 0) is 10.9 Å². The van der Waals surface area contributed by atoms with E-state index in [1.807, 2.05) is 48.7 Å². The Labute approximate surface area is 194 Å². The van der Waals surface area contributed by atoms with E-state index in [-0.39, 0.29) is 23.0 Å². The van der Waals surface area contributed by atoms with Gasteiger partial charge in [-0.05, 0) is 48.5 Å². The van der Waals surface area contributed by atoms with Crippen LogP contribution in [0, 0.1) is 0 Å². The van der Waals surface area contributed by atoms with Gasteiger partial charge in [-0.15, -0.1) is 0 Å². The molecule has 0 amide bonds. The molecular formula is C26H23BrNO2P. The van der Waals surface area contributed by atoms with Crippen LogP contribution in [0.1, 0.15) is 16.1 Å². The molecule has 0 fully saturated rings. The van der Waals surface area contributed by atoms with Crippen molar-refractivity contribution < 1.29 is 26.5 Å². The third-order valence-electron chi connectivity index (χ3n) is 5.24. The summed E-state index contributed by atoms with van der Waals surface area (Å²) in [5.41, 5.74) is 1.61. The number of carbonyl (C=O) groups is 1. The van der Waals surface area contributed by atoms with Crippen molar-refractivity contribution in [3.8, 4) is 0 Å². The average molecular weight is 492 g/mol. The molecule has 0 unspecified atom stereocenters. The lowest BCUT2D eigenvalue weighted by Gasteiger charge is -2.28. The highest BCUT2D eigenvalue weighted by atomic mass is 79.9. The molecule has 0 saturated heterocycles. The number of hydrogen-bond acceptors (Lipinski definition) is 3. The van der Waals surface area contributed by atoms with Gasteiger partial charge in [-0.3, -0.25) is 4.98 Å². The van der Waals surface area contributed by atoms with Crippen molar-refractivity contribution in [2.75, 3.05) is 7.11 Å². The minimum atomic E-state index is -2.24. The van der Waals surface area contributed by atoms with Crippen molar-refractivity contribution in [2.24, 2.45) is 0 Å². The first-order valence-electron chi connectivity index (χ1n) is 9.83. The number of ether oxygens (including phenoxy) is 1. The maximum Gasteiger partial charge on any atom is 0.341 e. The van der Waals surface area contributed by atoms with Crippen LogP contribution < -0.4 is 32.9 Å². The van der Waals surface area contributed by atoms with Crippen LogP contribution in [-0.4, -0.2) is 18.1 Å². The quantitative estimate of drug-likeness (QED) is 0.302. The number of rotatable bonds is 6. The topological polar surface area (TPSA) is 39.2 Å². The van der Waals surface area contributed by atoms with Crippen LogP contribution >= 0.6 is 7.26 Å². The normalized spacial score (nSPS) is 10.7. The number of carbonyl (C=O) groups excluding carboxylic acids is 1.